The van der Waals surface area contributed by atoms with Crippen LogP contribution in [0.2, 0.25) is 0 Å². The number of pyridine rings is 1. The van der Waals surface area contributed by atoms with Gasteiger partial charge in [0.25, 0.3) is 5.91 Å². The predicted molar refractivity (Wildman–Crippen MR) is 89.4 cm³/mol. The summed E-state index contributed by atoms with van der Waals surface area (Å²) in [6.45, 7) is 5.63. The Morgan fingerprint density at radius 1 is 1.54 bits per heavy atom. The number of nitrogens with one attached hydrogen (secondary N) is 2. The van der Waals surface area contributed by atoms with Crippen molar-refractivity contribution in [1.82, 2.24) is 20.2 Å². The number of amides is 2. The van der Waals surface area contributed by atoms with Crippen LogP contribution in [0.4, 0.5) is 0 Å². The van der Waals surface area contributed by atoms with E-state index < -0.39 is 11.6 Å². The van der Waals surface area contributed by atoms with Crippen molar-refractivity contribution in [3.63, 3.8) is 0 Å². The van der Waals surface area contributed by atoms with E-state index >= 15 is 0 Å². The standard InChI is InChI=1S/C17H22N4O3/c1-4-12(15(22)20-9-17(2,3)24)21-8-10-5-6-18-14-13(10)11(7-19-14)16(21)23/h5-7,12,24H,4,8-9H2,1-3H3,(H,18,19)(H,20,22). The number of H-pyrrole nitrogens is 1. The Hall–Kier alpha value is -2.41. The zero-order valence-corrected chi connectivity index (χ0v) is 14.1. The lowest BCUT2D eigenvalue weighted by Gasteiger charge is -2.33. The zero-order chi connectivity index (χ0) is 17.5. The van der Waals surface area contributed by atoms with Crippen molar-refractivity contribution in [2.45, 2.75) is 45.4 Å². The number of hydrogen-bond donors (Lipinski definition) is 3. The molecule has 1 unspecified atom stereocenters. The maximum absolute atomic E-state index is 12.8. The molecule has 2 amide bonds. The second-order valence-corrected chi connectivity index (χ2v) is 6.78. The average Bonchev–Trinajstić information content (AvgIpc) is 2.96. The first-order valence-corrected chi connectivity index (χ1v) is 8.08. The number of rotatable bonds is 5. The van der Waals surface area contributed by atoms with E-state index in [9.17, 15) is 14.7 Å². The Morgan fingerprint density at radius 2 is 2.29 bits per heavy atom. The van der Waals surface area contributed by atoms with Crippen LogP contribution in [0.1, 0.15) is 43.1 Å². The van der Waals surface area contributed by atoms with Crippen LogP contribution in [0, 0.1) is 0 Å². The SMILES string of the molecule is CCC(C(=O)NCC(C)(C)O)N1Cc2ccnc3[nH]cc(c23)C1=O. The molecule has 7 heteroatoms. The Kier molecular flexibility index (Phi) is 4.04. The number of carbonyl (C=O) groups is 2. The monoisotopic (exact) mass is 330 g/mol. The second-order valence-electron chi connectivity index (χ2n) is 6.78. The summed E-state index contributed by atoms with van der Waals surface area (Å²) in [5.74, 6) is -0.427. The smallest absolute Gasteiger partial charge is 0.257 e. The maximum Gasteiger partial charge on any atom is 0.257 e. The lowest BCUT2D eigenvalue weighted by atomic mass is 10.00. The largest absolute Gasteiger partial charge is 0.389 e. The lowest BCUT2D eigenvalue weighted by molar-refractivity contribution is -0.127. The van der Waals surface area contributed by atoms with Gasteiger partial charge in [-0.1, -0.05) is 6.92 Å². The predicted octanol–water partition coefficient (Wildman–Crippen LogP) is 1.18. The molecule has 0 bridgehead atoms. The molecule has 0 saturated heterocycles. The van der Waals surface area contributed by atoms with Gasteiger partial charge < -0.3 is 20.3 Å². The molecule has 0 aliphatic carbocycles. The van der Waals surface area contributed by atoms with Gasteiger partial charge in [0.15, 0.2) is 0 Å². The minimum absolute atomic E-state index is 0.138. The molecule has 3 N–H and O–H groups in total. The number of aliphatic hydroxyl groups is 1. The highest BCUT2D eigenvalue weighted by Gasteiger charge is 2.35. The molecule has 0 fully saturated rings. The molecule has 1 aliphatic heterocycles. The molecule has 24 heavy (non-hydrogen) atoms. The minimum Gasteiger partial charge on any atom is -0.389 e. The second kappa shape index (κ2) is 5.90. The third-order valence-electron chi connectivity index (χ3n) is 4.25. The summed E-state index contributed by atoms with van der Waals surface area (Å²) < 4.78 is 0. The number of carbonyl (C=O) groups excluding carboxylic acids is 2. The van der Waals surface area contributed by atoms with Gasteiger partial charge in [0.1, 0.15) is 11.7 Å². The number of hydrogen-bond acceptors (Lipinski definition) is 4. The zero-order valence-electron chi connectivity index (χ0n) is 14.1. The molecule has 0 aromatic carbocycles. The molecular formula is C17H22N4O3. The summed E-state index contributed by atoms with van der Waals surface area (Å²) in [5.41, 5.74) is 1.22. The first-order chi connectivity index (χ1) is 11.3. The van der Waals surface area contributed by atoms with Gasteiger partial charge in [-0.3, -0.25) is 9.59 Å². The highest BCUT2D eigenvalue weighted by molar-refractivity contribution is 6.10. The Balaban J connectivity index is 1.86. The van der Waals surface area contributed by atoms with Crippen LogP contribution in [-0.2, 0) is 11.3 Å². The molecule has 7 nitrogen and oxygen atoms in total. The van der Waals surface area contributed by atoms with Crippen molar-refractivity contribution in [2.75, 3.05) is 6.54 Å². The number of nitrogens with zero attached hydrogens (tertiary/aromatic N) is 2. The molecule has 0 radical (unpaired) electrons. The summed E-state index contributed by atoms with van der Waals surface area (Å²) in [4.78, 5) is 34.2. The van der Waals surface area contributed by atoms with Crippen molar-refractivity contribution in [1.29, 1.82) is 0 Å². The van der Waals surface area contributed by atoms with Crippen molar-refractivity contribution >= 4 is 22.8 Å². The van der Waals surface area contributed by atoms with Gasteiger partial charge in [-0.2, -0.15) is 0 Å². The molecule has 1 atom stereocenters. The van der Waals surface area contributed by atoms with Crippen LogP contribution >= 0.6 is 0 Å². The Morgan fingerprint density at radius 3 is 2.96 bits per heavy atom. The molecule has 0 saturated carbocycles. The summed E-state index contributed by atoms with van der Waals surface area (Å²) in [6.07, 6.45) is 3.84. The topological polar surface area (TPSA) is 98.3 Å². The summed E-state index contributed by atoms with van der Waals surface area (Å²) >= 11 is 0. The van der Waals surface area contributed by atoms with Crippen molar-refractivity contribution in [2.24, 2.45) is 0 Å². The van der Waals surface area contributed by atoms with Gasteiger partial charge in [0, 0.05) is 30.9 Å². The number of aromatic nitrogens is 2. The maximum atomic E-state index is 12.8. The highest BCUT2D eigenvalue weighted by Crippen LogP contribution is 2.30. The quantitative estimate of drug-likeness (QED) is 0.767. The van der Waals surface area contributed by atoms with E-state index in [0.29, 0.717) is 24.2 Å². The van der Waals surface area contributed by atoms with E-state index in [2.05, 4.69) is 15.3 Å². The van der Waals surface area contributed by atoms with Crippen molar-refractivity contribution in [3.05, 3.63) is 29.6 Å². The van der Waals surface area contributed by atoms with Crippen LogP contribution in [0.5, 0.6) is 0 Å². The normalized spacial score (nSPS) is 15.7. The molecule has 3 heterocycles. The summed E-state index contributed by atoms with van der Waals surface area (Å²) in [7, 11) is 0. The average molecular weight is 330 g/mol. The first kappa shape index (κ1) is 16.4. The van der Waals surface area contributed by atoms with Crippen LogP contribution < -0.4 is 5.32 Å². The van der Waals surface area contributed by atoms with E-state index in [4.69, 9.17) is 0 Å². The molecule has 1 aliphatic rings. The summed E-state index contributed by atoms with van der Waals surface area (Å²) in [5, 5.41) is 13.4. The Bertz CT molecular complexity index is 791. The van der Waals surface area contributed by atoms with E-state index in [1.54, 1.807) is 31.1 Å². The molecule has 2 aromatic rings. The fraction of sp³-hybridized carbons (Fsp3) is 0.471. The van der Waals surface area contributed by atoms with Crippen LogP contribution in [0.3, 0.4) is 0 Å². The molecule has 0 spiro atoms. The third kappa shape index (κ3) is 2.87. The summed E-state index contributed by atoms with van der Waals surface area (Å²) in [6, 6.07) is 1.30. The van der Waals surface area contributed by atoms with E-state index in [1.807, 2.05) is 13.0 Å². The minimum atomic E-state index is -0.995. The van der Waals surface area contributed by atoms with E-state index in [0.717, 1.165) is 10.9 Å². The fourth-order valence-corrected chi connectivity index (χ4v) is 3.06. The van der Waals surface area contributed by atoms with Crippen LogP contribution in [0.15, 0.2) is 18.5 Å². The molecular weight excluding hydrogens is 308 g/mol. The first-order valence-electron chi connectivity index (χ1n) is 8.08. The van der Waals surface area contributed by atoms with E-state index in [1.165, 1.54) is 0 Å². The van der Waals surface area contributed by atoms with Gasteiger partial charge in [0.2, 0.25) is 5.91 Å². The highest BCUT2D eigenvalue weighted by atomic mass is 16.3. The molecule has 3 rings (SSSR count). The van der Waals surface area contributed by atoms with Gasteiger partial charge in [0.05, 0.1) is 11.2 Å². The number of aromatic amines is 1. The van der Waals surface area contributed by atoms with Crippen LogP contribution in [-0.4, -0.2) is 50.0 Å². The van der Waals surface area contributed by atoms with E-state index in [-0.39, 0.29) is 18.4 Å². The van der Waals surface area contributed by atoms with Crippen molar-refractivity contribution < 1.29 is 14.7 Å². The van der Waals surface area contributed by atoms with Gasteiger partial charge in [-0.05, 0) is 31.9 Å². The van der Waals surface area contributed by atoms with Crippen molar-refractivity contribution in [3.8, 4) is 0 Å². The lowest BCUT2D eigenvalue weighted by Crippen LogP contribution is -2.52. The Labute approximate surface area is 140 Å². The van der Waals surface area contributed by atoms with Gasteiger partial charge in [-0.25, -0.2) is 4.98 Å². The third-order valence-corrected chi connectivity index (χ3v) is 4.25. The van der Waals surface area contributed by atoms with Crippen LogP contribution in [0.25, 0.3) is 11.0 Å². The molecule has 128 valence electrons. The van der Waals surface area contributed by atoms with Gasteiger partial charge >= 0.3 is 0 Å². The van der Waals surface area contributed by atoms with Gasteiger partial charge in [-0.15, -0.1) is 0 Å². The fourth-order valence-electron chi connectivity index (χ4n) is 3.06. The molecule has 2 aromatic heterocycles.